The maximum Gasteiger partial charge on any atom is 0.326 e. The molecule has 0 heterocycles. The number of alkyl halides is 4. The van der Waals surface area contributed by atoms with Gasteiger partial charge in [-0.3, -0.25) is 4.99 Å². The van der Waals surface area contributed by atoms with Gasteiger partial charge in [0.05, 0.1) is 0 Å². The first kappa shape index (κ1) is 12.5. The van der Waals surface area contributed by atoms with Crippen LogP contribution >= 0.6 is 0 Å². The molecule has 0 fully saturated rings. The van der Waals surface area contributed by atoms with Crippen molar-refractivity contribution in [1.82, 2.24) is 0 Å². The Balaban J connectivity index is 2.73. The molecule has 88 valence electrons. The average molecular weight is 234 g/mol. The second-order valence-electron chi connectivity index (χ2n) is 3.13. The Labute approximate surface area is 89.8 Å². The van der Waals surface area contributed by atoms with Crippen molar-refractivity contribution in [2.75, 3.05) is 6.54 Å². The van der Waals surface area contributed by atoms with Gasteiger partial charge in [-0.2, -0.15) is 8.78 Å². The maximum atomic E-state index is 12.5. The van der Waals surface area contributed by atoms with Crippen LogP contribution in [0.4, 0.5) is 17.6 Å². The van der Waals surface area contributed by atoms with Crippen LogP contribution in [0.25, 0.3) is 0 Å². The summed E-state index contributed by atoms with van der Waals surface area (Å²) in [4.78, 5) is 3.25. The van der Waals surface area contributed by atoms with Gasteiger partial charge in [-0.25, -0.2) is 8.78 Å². The number of aliphatic imine (C=N–C) groups is 1. The molecular formula is C10H10F4N2. The minimum absolute atomic E-state index is 0.180. The second-order valence-corrected chi connectivity index (χ2v) is 3.13. The van der Waals surface area contributed by atoms with E-state index in [1.165, 1.54) is 0 Å². The van der Waals surface area contributed by atoms with Gasteiger partial charge in [0.1, 0.15) is 12.4 Å². The molecule has 0 aliphatic rings. The molecule has 0 saturated heterocycles. The first-order chi connectivity index (χ1) is 7.43. The fourth-order valence-corrected chi connectivity index (χ4v) is 0.960. The first-order valence-corrected chi connectivity index (χ1v) is 4.45. The number of halogens is 4. The molecule has 1 aromatic rings. The monoisotopic (exact) mass is 234 g/mol. The van der Waals surface area contributed by atoms with E-state index in [1.54, 1.807) is 30.3 Å². The van der Waals surface area contributed by atoms with E-state index in [9.17, 15) is 17.6 Å². The summed E-state index contributed by atoms with van der Waals surface area (Å²) in [6, 6.07) is 8.11. The van der Waals surface area contributed by atoms with Crippen molar-refractivity contribution in [3.05, 3.63) is 35.9 Å². The third kappa shape index (κ3) is 3.22. The zero-order chi connectivity index (χ0) is 12.2. The van der Waals surface area contributed by atoms with Crippen molar-refractivity contribution < 1.29 is 17.6 Å². The van der Waals surface area contributed by atoms with Gasteiger partial charge >= 0.3 is 12.3 Å². The van der Waals surface area contributed by atoms with Gasteiger partial charge in [0.2, 0.25) is 0 Å². The quantitative estimate of drug-likeness (QED) is 0.484. The minimum atomic E-state index is -4.14. The third-order valence-corrected chi connectivity index (χ3v) is 1.85. The smallest absolute Gasteiger partial charge is 0.326 e. The van der Waals surface area contributed by atoms with Gasteiger partial charge in [-0.15, -0.1) is 0 Å². The number of nitrogens with two attached hydrogens (primary N) is 1. The van der Waals surface area contributed by atoms with Crippen molar-refractivity contribution in [2.45, 2.75) is 12.3 Å². The Morgan fingerprint density at radius 2 is 1.81 bits per heavy atom. The van der Waals surface area contributed by atoms with Crippen molar-refractivity contribution in [2.24, 2.45) is 10.7 Å². The Morgan fingerprint density at radius 1 is 1.25 bits per heavy atom. The van der Waals surface area contributed by atoms with Crippen LogP contribution in [0.3, 0.4) is 0 Å². The molecule has 0 bridgehead atoms. The SMILES string of the molecule is NC(=NCC(F)(F)C(F)F)c1ccccc1. The number of benzene rings is 1. The van der Waals surface area contributed by atoms with E-state index in [1.807, 2.05) is 0 Å². The predicted molar refractivity (Wildman–Crippen MR) is 53.0 cm³/mol. The van der Waals surface area contributed by atoms with Crippen molar-refractivity contribution >= 4 is 5.84 Å². The lowest BCUT2D eigenvalue weighted by molar-refractivity contribution is -0.119. The molecule has 0 unspecified atom stereocenters. The lowest BCUT2D eigenvalue weighted by Gasteiger charge is -2.12. The molecule has 1 aromatic carbocycles. The van der Waals surface area contributed by atoms with Gasteiger partial charge in [-0.1, -0.05) is 30.3 Å². The Bertz CT molecular complexity index is 362. The first-order valence-electron chi connectivity index (χ1n) is 4.45. The topological polar surface area (TPSA) is 38.4 Å². The maximum absolute atomic E-state index is 12.5. The molecule has 0 aliphatic heterocycles. The second kappa shape index (κ2) is 4.96. The molecule has 0 radical (unpaired) electrons. The van der Waals surface area contributed by atoms with E-state index in [0.717, 1.165) is 0 Å². The Hall–Kier alpha value is -1.59. The van der Waals surface area contributed by atoms with Gasteiger partial charge < -0.3 is 5.73 Å². The van der Waals surface area contributed by atoms with Crippen LogP contribution in [-0.2, 0) is 0 Å². The molecule has 1 rings (SSSR count). The van der Waals surface area contributed by atoms with Crippen LogP contribution in [0, 0.1) is 0 Å². The molecule has 0 aromatic heterocycles. The van der Waals surface area contributed by atoms with Crippen LogP contribution in [0.5, 0.6) is 0 Å². The molecule has 16 heavy (non-hydrogen) atoms. The number of nitrogens with zero attached hydrogens (tertiary/aromatic N) is 1. The summed E-state index contributed by atoms with van der Waals surface area (Å²) in [5, 5.41) is 0. The van der Waals surface area contributed by atoms with Crippen LogP contribution in [0.15, 0.2) is 35.3 Å². The average Bonchev–Trinajstić information content (AvgIpc) is 2.27. The number of amidine groups is 1. The number of rotatable bonds is 4. The van der Waals surface area contributed by atoms with Gasteiger partial charge in [0, 0.05) is 5.56 Å². The van der Waals surface area contributed by atoms with E-state index in [2.05, 4.69) is 4.99 Å². The van der Waals surface area contributed by atoms with E-state index in [0.29, 0.717) is 5.56 Å². The van der Waals surface area contributed by atoms with E-state index >= 15 is 0 Å². The summed E-state index contributed by atoms with van der Waals surface area (Å²) in [5.74, 6) is -4.32. The molecule has 0 spiro atoms. The van der Waals surface area contributed by atoms with Crippen LogP contribution in [-0.4, -0.2) is 24.7 Å². The van der Waals surface area contributed by atoms with Crippen LogP contribution in [0.1, 0.15) is 5.56 Å². The molecule has 0 amide bonds. The molecule has 2 nitrogen and oxygen atoms in total. The highest BCUT2D eigenvalue weighted by atomic mass is 19.3. The highest BCUT2D eigenvalue weighted by Gasteiger charge is 2.40. The van der Waals surface area contributed by atoms with E-state index in [4.69, 9.17) is 5.73 Å². The summed E-state index contributed by atoms with van der Waals surface area (Å²) in [5.41, 5.74) is 5.80. The molecule has 2 N–H and O–H groups in total. The highest BCUT2D eigenvalue weighted by molar-refractivity contribution is 5.97. The predicted octanol–water partition coefficient (Wildman–Crippen LogP) is 2.29. The Morgan fingerprint density at radius 3 is 2.31 bits per heavy atom. The summed E-state index contributed by atoms with van der Waals surface area (Å²) >= 11 is 0. The number of hydrogen-bond donors (Lipinski definition) is 1. The van der Waals surface area contributed by atoms with Crippen LogP contribution < -0.4 is 5.73 Å². The van der Waals surface area contributed by atoms with Gasteiger partial charge in [-0.05, 0) is 0 Å². The molecule has 6 heteroatoms. The van der Waals surface area contributed by atoms with E-state index < -0.39 is 18.9 Å². The molecule has 0 saturated carbocycles. The summed E-state index contributed by atoms with van der Waals surface area (Å²) in [7, 11) is 0. The van der Waals surface area contributed by atoms with E-state index in [-0.39, 0.29) is 5.84 Å². The summed E-state index contributed by atoms with van der Waals surface area (Å²) < 4.78 is 48.6. The summed E-state index contributed by atoms with van der Waals surface area (Å²) in [6.45, 7) is -1.31. The minimum Gasteiger partial charge on any atom is -0.384 e. The van der Waals surface area contributed by atoms with Crippen LogP contribution in [0.2, 0.25) is 0 Å². The molecule has 0 aliphatic carbocycles. The normalized spacial score (nSPS) is 13.2. The lowest BCUT2D eigenvalue weighted by Crippen LogP contribution is -2.31. The fourth-order valence-electron chi connectivity index (χ4n) is 0.960. The van der Waals surface area contributed by atoms with Crippen molar-refractivity contribution in [3.63, 3.8) is 0 Å². The fraction of sp³-hybridized carbons (Fsp3) is 0.300. The van der Waals surface area contributed by atoms with Gasteiger partial charge in [0.25, 0.3) is 0 Å². The third-order valence-electron chi connectivity index (χ3n) is 1.85. The summed E-state index contributed by atoms with van der Waals surface area (Å²) in [6.07, 6.45) is -3.74. The van der Waals surface area contributed by atoms with Crippen molar-refractivity contribution in [3.8, 4) is 0 Å². The van der Waals surface area contributed by atoms with Crippen molar-refractivity contribution in [1.29, 1.82) is 0 Å². The largest absolute Gasteiger partial charge is 0.384 e. The lowest BCUT2D eigenvalue weighted by atomic mass is 10.2. The zero-order valence-electron chi connectivity index (χ0n) is 8.21. The Kier molecular flexibility index (Phi) is 3.87. The highest BCUT2D eigenvalue weighted by Crippen LogP contribution is 2.22. The molecular weight excluding hydrogens is 224 g/mol. The zero-order valence-corrected chi connectivity index (χ0v) is 8.21. The molecule has 0 atom stereocenters. The standard InChI is InChI=1S/C10H10F4N2/c11-9(12)10(13,14)6-16-8(15)7-4-2-1-3-5-7/h1-5,9H,6H2,(H2,15,16). The van der Waals surface area contributed by atoms with Gasteiger partial charge in [0.15, 0.2) is 0 Å². The number of hydrogen-bond acceptors (Lipinski definition) is 1.